The van der Waals surface area contributed by atoms with E-state index in [1.165, 1.54) is 0 Å². The Kier molecular flexibility index (Phi) is 8.52. The Labute approximate surface area is 96.7 Å². The van der Waals surface area contributed by atoms with Gasteiger partial charge in [0.05, 0.1) is 19.8 Å². The van der Waals surface area contributed by atoms with E-state index >= 15 is 0 Å². The van der Waals surface area contributed by atoms with Crippen LogP contribution in [0.15, 0.2) is 0 Å². The van der Waals surface area contributed by atoms with Crippen LogP contribution in [0.2, 0.25) is 0 Å². The van der Waals surface area contributed by atoms with Crippen LogP contribution in [0, 0.1) is 0 Å². The van der Waals surface area contributed by atoms with E-state index in [-0.39, 0.29) is 18.5 Å². The van der Waals surface area contributed by atoms with Crippen LogP contribution in [0.4, 0.5) is 4.79 Å². The van der Waals surface area contributed by atoms with Crippen molar-refractivity contribution in [2.75, 3.05) is 19.8 Å². The Morgan fingerprint density at radius 3 is 2.67 bits per heavy atom. The highest BCUT2D eigenvalue weighted by atomic mass is 35.5. The number of unbranched alkanes of at least 4 members (excludes halogenated alkanes) is 1. The van der Waals surface area contributed by atoms with Gasteiger partial charge in [0.25, 0.3) is 0 Å². The van der Waals surface area contributed by atoms with E-state index in [0.717, 1.165) is 25.7 Å². The molecule has 0 aromatic rings. The maximum Gasteiger partial charge on any atom is 0.508 e. The number of halogens is 1. The SMILES string of the molecule is CCCCOC(=O)OC1CCOCC1.Cl. The summed E-state index contributed by atoms with van der Waals surface area (Å²) in [6, 6.07) is 0. The summed E-state index contributed by atoms with van der Waals surface area (Å²) in [5.74, 6) is 0. The normalized spacial score (nSPS) is 16.6. The molecule has 0 spiro atoms. The molecular weight excluding hydrogens is 220 g/mol. The van der Waals surface area contributed by atoms with Gasteiger partial charge in [0.2, 0.25) is 0 Å². The lowest BCUT2D eigenvalue weighted by Crippen LogP contribution is -2.26. The summed E-state index contributed by atoms with van der Waals surface area (Å²) < 4.78 is 15.1. The molecule has 4 nitrogen and oxygen atoms in total. The van der Waals surface area contributed by atoms with Crippen LogP contribution in [0.25, 0.3) is 0 Å². The Hall–Kier alpha value is -0.480. The molecule has 5 heteroatoms. The molecule has 0 bridgehead atoms. The van der Waals surface area contributed by atoms with Crippen molar-refractivity contribution in [3.8, 4) is 0 Å². The lowest BCUT2D eigenvalue weighted by atomic mass is 10.2. The maximum absolute atomic E-state index is 11.1. The highest BCUT2D eigenvalue weighted by molar-refractivity contribution is 5.85. The zero-order valence-corrected chi connectivity index (χ0v) is 9.88. The van der Waals surface area contributed by atoms with Crippen molar-refractivity contribution < 1.29 is 19.0 Å². The van der Waals surface area contributed by atoms with E-state index in [2.05, 4.69) is 0 Å². The van der Waals surface area contributed by atoms with E-state index in [4.69, 9.17) is 14.2 Å². The van der Waals surface area contributed by atoms with E-state index in [1.807, 2.05) is 6.92 Å². The van der Waals surface area contributed by atoms with Gasteiger partial charge >= 0.3 is 6.16 Å². The lowest BCUT2D eigenvalue weighted by Gasteiger charge is -2.21. The number of carbonyl (C=O) groups excluding carboxylic acids is 1. The Morgan fingerprint density at radius 1 is 1.40 bits per heavy atom. The van der Waals surface area contributed by atoms with Crippen molar-refractivity contribution in [1.29, 1.82) is 0 Å². The molecule has 0 aromatic carbocycles. The van der Waals surface area contributed by atoms with Crippen molar-refractivity contribution in [3.63, 3.8) is 0 Å². The van der Waals surface area contributed by atoms with Gasteiger partial charge in [-0.2, -0.15) is 0 Å². The molecule has 1 aliphatic rings. The molecule has 0 aromatic heterocycles. The van der Waals surface area contributed by atoms with Crippen LogP contribution in [0.3, 0.4) is 0 Å². The second-order valence-corrected chi connectivity index (χ2v) is 3.38. The van der Waals surface area contributed by atoms with Gasteiger partial charge in [0.1, 0.15) is 6.10 Å². The molecule has 0 N–H and O–H groups in total. The van der Waals surface area contributed by atoms with E-state index in [9.17, 15) is 4.79 Å². The van der Waals surface area contributed by atoms with Crippen molar-refractivity contribution in [1.82, 2.24) is 0 Å². The van der Waals surface area contributed by atoms with Gasteiger partial charge < -0.3 is 14.2 Å². The summed E-state index contributed by atoms with van der Waals surface area (Å²) in [6.45, 7) is 3.85. The first-order chi connectivity index (χ1) is 6.83. The zero-order valence-electron chi connectivity index (χ0n) is 9.07. The Morgan fingerprint density at radius 2 is 2.07 bits per heavy atom. The Bertz CT molecular complexity index is 169. The number of rotatable bonds is 4. The first kappa shape index (κ1) is 14.5. The molecule has 1 aliphatic heterocycles. The van der Waals surface area contributed by atoms with Crippen LogP contribution in [0.1, 0.15) is 32.6 Å². The molecule has 90 valence electrons. The van der Waals surface area contributed by atoms with Crippen LogP contribution in [-0.2, 0) is 14.2 Å². The molecular formula is C10H19ClO4. The van der Waals surface area contributed by atoms with Crippen molar-refractivity contribution in [3.05, 3.63) is 0 Å². The monoisotopic (exact) mass is 238 g/mol. The first-order valence-electron chi connectivity index (χ1n) is 5.24. The molecule has 0 atom stereocenters. The summed E-state index contributed by atoms with van der Waals surface area (Å²) >= 11 is 0. The second kappa shape index (κ2) is 8.80. The minimum Gasteiger partial charge on any atom is -0.434 e. The molecule has 15 heavy (non-hydrogen) atoms. The third-order valence-electron chi connectivity index (χ3n) is 2.15. The van der Waals surface area contributed by atoms with Crippen molar-refractivity contribution >= 4 is 18.6 Å². The third-order valence-corrected chi connectivity index (χ3v) is 2.15. The maximum atomic E-state index is 11.1. The number of hydrogen-bond acceptors (Lipinski definition) is 4. The minimum absolute atomic E-state index is 0. The molecule has 0 unspecified atom stereocenters. The summed E-state index contributed by atoms with van der Waals surface area (Å²) in [4.78, 5) is 11.1. The van der Waals surface area contributed by atoms with Crippen LogP contribution < -0.4 is 0 Å². The smallest absolute Gasteiger partial charge is 0.434 e. The fourth-order valence-corrected chi connectivity index (χ4v) is 1.26. The number of carbonyl (C=O) groups is 1. The summed E-state index contributed by atoms with van der Waals surface area (Å²) in [5.41, 5.74) is 0. The third kappa shape index (κ3) is 6.57. The Balaban J connectivity index is 0.00000196. The quantitative estimate of drug-likeness (QED) is 0.558. The lowest BCUT2D eigenvalue weighted by molar-refractivity contribution is -0.0278. The summed E-state index contributed by atoms with van der Waals surface area (Å²) in [6.07, 6.45) is 2.92. The molecule has 1 heterocycles. The van der Waals surface area contributed by atoms with Crippen LogP contribution in [-0.4, -0.2) is 32.1 Å². The van der Waals surface area contributed by atoms with E-state index in [0.29, 0.717) is 19.8 Å². The van der Waals surface area contributed by atoms with Crippen molar-refractivity contribution in [2.24, 2.45) is 0 Å². The average Bonchev–Trinajstić information content (AvgIpc) is 2.20. The highest BCUT2D eigenvalue weighted by Crippen LogP contribution is 2.11. The molecule has 1 rings (SSSR count). The van der Waals surface area contributed by atoms with Gasteiger partial charge in [-0.3, -0.25) is 0 Å². The highest BCUT2D eigenvalue weighted by Gasteiger charge is 2.18. The summed E-state index contributed by atoms with van der Waals surface area (Å²) in [5, 5.41) is 0. The molecule has 0 saturated carbocycles. The van der Waals surface area contributed by atoms with Gasteiger partial charge in [0.15, 0.2) is 0 Å². The van der Waals surface area contributed by atoms with Gasteiger partial charge in [-0.15, -0.1) is 12.4 Å². The molecule has 0 radical (unpaired) electrons. The molecule has 0 aliphatic carbocycles. The first-order valence-corrected chi connectivity index (χ1v) is 5.24. The average molecular weight is 239 g/mol. The fraction of sp³-hybridized carbons (Fsp3) is 0.900. The fourth-order valence-electron chi connectivity index (χ4n) is 1.26. The summed E-state index contributed by atoms with van der Waals surface area (Å²) in [7, 11) is 0. The van der Waals surface area contributed by atoms with E-state index in [1.54, 1.807) is 0 Å². The standard InChI is InChI=1S/C10H18O4.ClH/c1-2-3-6-13-10(11)14-9-4-7-12-8-5-9;/h9H,2-8H2,1H3;1H. The van der Waals surface area contributed by atoms with Gasteiger partial charge in [-0.1, -0.05) is 13.3 Å². The predicted octanol–water partition coefficient (Wildman–Crippen LogP) is 2.54. The van der Waals surface area contributed by atoms with Crippen molar-refractivity contribution in [2.45, 2.75) is 38.7 Å². The zero-order chi connectivity index (χ0) is 10.2. The van der Waals surface area contributed by atoms with Gasteiger partial charge in [-0.05, 0) is 6.42 Å². The number of ether oxygens (including phenoxy) is 3. The van der Waals surface area contributed by atoms with E-state index < -0.39 is 6.16 Å². The number of hydrogen-bond donors (Lipinski definition) is 0. The molecule has 1 fully saturated rings. The second-order valence-electron chi connectivity index (χ2n) is 3.38. The van der Waals surface area contributed by atoms with Gasteiger partial charge in [0, 0.05) is 12.8 Å². The minimum atomic E-state index is -0.537. The molecule has 0 amide bonds. The largest absolute Gasteiger partial charge is 0.508 e. The predicted molar refractivity (Wildman–Crippen MR) is 58.4 cm³/mol. The van der Waals surface area contributed by atoms with Crippen LogP contribution in [0.5, 0.6) is 0 Å². The van der Waals surface area contributed by atoms with Crippen LogP contribution >= 0.6 is 12.4 Å². The van der Waals surface area contributed by atoms with Gasteiger partial charge in [-0.25, -0.2) is 4.79 Å². The molecule has 1 saturated heterocycles. The topological polar surface area (TPSA) is 44.8 Å².